The quantitative estimate of drug-likeness (QED) is 0.719. The van der Waals surface area contributed by atoms with Gasteiger partial charge in [0.05, 0.1) is 10.9 Å². The molecule has 0 N–H and O–H groups in total. The molecule has 0 bridgehead atoms. The summed E-state index contributed by atoms with van der Waals surface area (Å²) in [5, 5.41) is 0.912. The van der Waals surface area contributed by atoms with Gasteiger partial charge in [0, 0.05) is 4.47 Å². The first kappa shape index (κ1) is 13.1. The first-order valence-electron chi connectivity index (χ1n) is 6.31. The fraction of sp³-hybridized carbons (Fsp3) is 0.125. The third kappa shape index (κ3) is 2.80. The molecule has 1 heterocycles. The maximum atomic E-state index is 5.84. The number of hydrogen-bond acceptors (Lipinski definition) is 3. The summed E-state index contributed by atoms with van der Waals surface area (Å²) in [7, 11) is 0. The Morgan fingerprint density at radius 3 is 2.85 bits per heavy atom. The zero-order valence-electron chi connectivity index (χ0n) is 11.0. The molecule has 3 rings (SSSR count). The van der Waals surface area contributed by atoms with Crippen LogP contribution in [0.1, 0.15) is 11.1 Å². The minimum Gasteiger partial charge on any atom is -0.472 e. The molecular weight excluding hydrogens is 316 g/mol. The molecule has 0 aliphatic rings. The average molecular weight is 329 g/mol. The Balaban J connectivity index is 1.89. The molecule has 0 aliphatic heterocycles. The number of benzene rings is 2. The topological polar surface area (TPSA) is 35.0 Å². The first-order chi connectivity index (χ1) is 9.72. The third-order valence-electron chi connectivity index (χ3n) is 3.02. The Kier molecular flexibility index (Phi) is 3.65. The Morgan fingerprint density at radius 1 is 1.10 bits per heavy atom. The highest BCUT2D eigenvalue weighted by Crippen LogP contribution is 2.25. The van der Waals surface area contributed by atoms with Crippen molar-refractivity contribution < 1.29 is 4.74 Å². The van der Waals surface area contributed by atoms with E-state index in [0.29, 0.717) is 12.5 Å². The summed E-state index contributed by atoms with van der Waals surface area (Å²) in [6.45, 7) is 2.57. The highest BCUT2D eigenvalue weighted by molar-refractivity contribution is 9.10. The fourth-order valence-corrected chi connectivity index (χ4v) is 2.43. The van der Waals surface area contributed by atoms with E-state index in [1.807, 2.05) is 30.3 Å². The van der Waals surface area contributed by atoms with Crippen LogP contribution in [0.4, 0.5) is 0 Å². The van der Waals surface area contributed by atoms with Gasteiger partial charge in [0.1, 0.15) is 12.9 Å². The molecule has 0 saturated carbocycles. The van der Waals surface area contributed by atoms with Crippen LogP contribution in [0.25, 0.3) is 10.9 Å². The zero-order chi connectivity index (χ0) is 13.9. The Hall–Kier alpha value is -1.94. The number of nitrogens with zero attached hydrogens (tertiary/aromatic N) is 2. The van der Waals surface area contributed by atoms with Crippen molar-refractivity contribution in [3.8, 4) is 5.88 Å². The lowest BCUT2D eigenvalue weighted by Crippen LogP contribution is -1.99. The molecule has 0 spiro atoms. The monoisotopic (exact) mass is 328 g/mol. The molecule has 3 nitrogen and oxygen atoms in total. The summed E-state index contributed by atoms with van der Waals surface area (Å²) in [5.41, 5.74) is 3.23. The lowest BCUT2D eigenvalue weighted by Gasteiger charge is -2.08. The van der Waals surface area contributed by atoms with Crippen LogP contribution >= 0.6 is 15.9 Å². The first-order valence-corrected chi connectivity index (χ1v) is 7.10. The van der Waals surface area contributed by atoms with Gasteiger partial charge in [-0.2, -0.15) is 0 Å². The largest absolute Gasteiger partial charge is 0.472 e. The molecule has 1 aromatic heterocycles. The number of fused-ring (bicyclic) bond motifs is 1. The molecule has 2 aromatic carbocycles. The average Bonchev–Trinajstić information content (AvgIpc) is 2.45. The van der Waals surface area contributed by atoms with Crippen molar-refractivity contribution in [3.63, 3.8) is 0 Å². The summed E-state index contributed by atoms with van der Waals surface area (Å²) in [6, 6.07) is 14.1. The van der Waals surface area contributed by atoms with Crippen molar-refractivity contribution in [1.29, 1.82) is 0 Å². The second-order valence-electron chi connectivity index (χ2n) is 4.62. The predicted octanol–water partition coefficient (Wildman–Crippen LogP) is 4.28. The molecule has 0 atom stereocenters. The van der Waals surface area contributed by atoms with Gasteiger partial charge < -0.3 is 4.74 Å². The van der Waals surface area contributed by atoms with Gasteiger partial charge in [0.25, 0.3) is 0 Å². The van der Waals surface area contributed by atoms with Gasteiger partial charge in [-0.1, -0.05) is 45.8 Å². The Labute approximate surface area is 125 Å². The van der Waals surface area contributed by atoms with Gasteiger partial charge in [-0.15, -0.1) is 0 Å². The van der Waals surface area contributed by atoms with Crippen molar-refractivity contribution >= 4 is 26.8 Å². The molecule has 0 aliphatic carbocycles. The second kappa shape index (κ2) is 5.59. The molecule has 0 amide bonds. The molecule has 0 fully saturated rings. The minimum atomic E-state index is 0.500. The molecule has 20 heavy (non-hydrogen) atoms. The fourth-order valence-electron chi connectivity index (χ4n) is 2.07. The van der Waals surface area contributed by atoms with Crippen molar-refractivity contribution in [2.75, 3.05) is 0 Å². The van der Waals surface area contributed by atoms with Gasteiger partial charge in [-0.3, -0.25) is 0 Å². The summed E-state index contributed by atoms with van der Waals surface area (Å²) in [4.78, 5) is 8.47. The molecule has 3 aromatic rings. The molecule has 0 radical (unpaired) electrons. The van der Waals surface area contributed by atoms with Gasteiger partial charge >= 0.3 is 0 Å². The second-order valence-corrected chi connectivity index (χ2v) is 5.53. The van der Waals surface area contributed by atoms with Crippen molar-refractivity contribution in [2.45, 2.75) is 13.5 Å². The van der Waals surface area contributed by atoms with Crippen molar-refractivity contribution in [2.24, 2.45) is 0 Å². The zero-order valence-corrected chi connectivity index (χ0v) is 12.6. The van der Waals surface area contributed by atoms with E-state index in [4.69, 9.17) is 4.74 Å². The van der Waals surface area contributed by atoms with Crippen LogP contribution in [0.3, 0.4) is 0 Å². The maximum absolute atomic E-state index is 5.84. The molecule has 100 valence electrons. The van der Waals surface area contributed by atoms with E-state index in [0.717, 1.165) is 20.9 Å². The SMILES string of the molecule is Cc1cccc(COc2ncnc3ccc(Br)cc23)c1. The molecule has 4 heteroatoms. The van der Waals surface area contributed by atoms with Crippen LogP contribution in [0, 0.1) is 6.92 Å². The van der Waals surface area contributed by atoms with Crippen LogP contribution in [0.5, 0.6) is 5.88 Å². The summed E-state index contributed by atoms with van der Waals surface area (Å²) < 4.78 is 6.83. The van der Waals surface area contributed by atoms with E-state index in [1.54, 1.807) is 0 Å². The van der Waals surface area contributed by atoms with Crippen molar-refractivity contribution in [1.82, 2.24) is 9.97 Å². The van der Waals surface area contributed by atoms with Crippen LogP contribution in [0.2, 0.25) is 0 Å². The highest BCUT2D eigenvalue weighted by Gasteiger charge is 2.06. The van der Waals surface area contributed by atoms with E-state index in [9.17, 15) is 0 Å². The molecule has 0 saturated heterocycles. The number of halogens is 1. The highest BCUT2D eigenvalue weighted by atomic mass is 79.9. The van der Waals surface area contributed by atoms with Crippen LogP contribution in [-0.4, -0.2) is 9.97 Å². The minimum absolute atomic E-state index is 0.500. The van der Waals surface area contributed by atoms with Gasteiger partial charge in [0.2, 0.25) is 5.88 Å². The van der Waals surface area contributed by atoms with E-state index in [-0.39, 0.29) is 0 Å². The normalized spacial score (nSPS) is 10.7. The number of rotatable bonds is 3. The van der Waals surface area contributed by atoms with E-state index >= 15 is 0 Å². The number of aromatic nitrogens is 2. The number of ether oxygens (including phenoxy) is 1. The van der Waals surface area contributed by atoms with E-state index in [1.165, 1.54) is 11.9 Å². The van der Waals surface area contributed by atoms with E-state index < -0.39 is 0 Å². The van der Waals surface area contributed by atoms with E-state index in [2.05, 4.69) is 45.0 Å². The lowest BCUT2D eigenvalue weighted by atomic mass is 10.1. The smallest absolute Gasteiger partial charge is 0.224 e. The summed E-state index contributed by atoms with van der Waals surface area (Å²) in [5.74, 6) is 0.609. The van der Waals surface area contributed by atoms with Gasteiger partial charge in [-0.05, 0) is 30.7 Å². The lowest BCUT2D eigenvalue weighted by molar-refractivity contribution is 0.297. The molecule has 0 unspecified atom stereocenters. The third-order valence-corrected chi connectivity index (χ3v) is 3.51. The predicted molar refractivity (Wildman–Crippen MR) is 82.7 cm³/mol. The Bertz CT molecular complexity index is 758. The molecular formula is C16H13BrN2O. The summed E-state index contributed by atoms with van der Waals surface area (Å²) in [6.07, 6.45) is 1.53. The van der Waals surface area contributed by atoms with Crippen molar-refractivity contribution in [3.05, 3.63) is 64.4 Å². The standard InChI is InChI=1S/C16H13BrN2O/c1-11-3-2-4-12(7-11)9-20-16-14-8-13(17)5-6-15(14)18-10-19-16/h2-8,10H,9H2,1H3. The van der Waals surface area contributed by atoms with Gasteiger partial charge in [-0.25, -0.2) is 9.97 Å². The van der Waals surface area contributed by atoms with Gasteiger partial charge in [0.15, 0.2) is 0 Å². The Morgan fingerprint density at radius 2 is 2.00 bits per heavy atom. The maximum Gasteiger partial charge on any atom is 0.224 e. The van der Waals surface area contributed by atoms with Crippen LogP contribution in [-0.2, 0) is 6.61 Å². The number of aryl methyl sites for hydroxylation is 1. The number of hydrogen-bond donors (Lipinski definition) is 0. The van der Waals surface area contributed by atoms with Crippen LogP contribution in [0.15, 0.2) is 53.3 Å². The van der Waals surface area contributed by atoms with Crippen LogP contribution < -0.4 is 4.74 Å². The summed E-state index contributed by atoms with van der Waals surface area (Å²) >= 11 is 3.46.